The van der Waals surface area contributed by atoms with Gasteiger partial charge < -0.3 is 10.2 Å². The van der Waals surface area contributed by atoms with Crippen LogP contribution in [0, 0.1) is 5.92 Å². The van der Waals surface area contributed by atoms with E-state index in [4.69, 9.17) is 0 Å². The van der Waals surface area contributed by atoms with Crippen molar-refractivity contribution >= 4 is 5.91 Å². The summed E-state index contributed by atoms with van der Waals surface area (Å²) in [6, 6.07) is 1.46. The molecule has 1 aliphatic heterocycles. The van der Waals surface area contributed by atoms with Gasteiger partial charge in [-0.25, -0.2) is 0 Å². The van der Waals surface area contributed by atoms with Gasteiger partial charge in [0.2, 0.25) is 5.91 Å². The van der Waals surface area contributed by atoms with Crippen molar-refractivity contribution < 1.29 is 4.79 Å². The Labute approximate surface area is 104 Å². The second kappa shape index (κ2) is 4.97. The lowest BCUT2D eigenvalue weighted by atomic mass is 9.91. The zero-order valence-electron chi connectivity index (χ0n) is 10.7. The number of nitrogens with zero attached hydrogens (tertiary/aromatic N) is 1. The maximum absolute atomic E-state index is 12.0. The lowest BCUT2D eigenvalue weighted by molar-refractivity contribution is -0.132. The Morgan fingerprint density at radius 1 is 1.00 bits per heavy atom. The van der Waals surface area contributed by atoms with Gasteiger partial charge in [0.15, 0.2) is 0 Å². The van der Waals surface area contributed by atoms with Crippen molar-refractivity contribution in [1.82, 2.24) is 10.2 Å². The molecule has 3 aliphatic rings. The smallest absolute Gasteiger partial charge is 0.222 e. The maximum Gasteiger partial charge on any atom is 0.222 e. The molecule has 3 heteroatoms. The minimum absolute atomic E-state index is 0.412. The number of rotatable bonds is 4. The number of piperidine rings is 1. The highest BCUT2D eigenvalue weighted by atomic mass is 16.2. The first-order valence-corrected chi connectivity index (χ1v) is 7.35. The third-order valence-electron chi connectivity index (χ3n) is 4.58. The molecule has 0 atom stereocenters. The fourth-order valence-electron chi connectivity index (χ4n) is 2.90. The highest BCUT2D eigenvalue weighted by Gasteiger charge is 2.30. The van der Waals surface area contributed by atoms with Crippen molar-refractivity contribution in [3.63, 3.8) is 0 Å². The largest absolute Gasteiger partial charge is 0.343 e. The molecule has 3 nitrogen and oxygen atoms in total. The topological polar surface area (TPSA) is 32.3 Å². The second-order valence-electron chi connectivity index (χ2n) is 6.10. The first-order chi connectivity index (χ1) is 8.31. The Bertz CT molecular complexity index is 276. The first-order valence-electron chi connectivity index (χ1n) is 7.35. The summed E-state index contributed by atoms with van der Waals surface area (Å²) in [7, 11) is 0. The molecule has 0 radical (unpaired) electrons. The van der Waals surface area contributed by atoms with E-state index in [0.29, 0.717) is 11.9 Å². The molecular formula is C14H24N2O. The molecule has 0 unspecified atom stereocenters. The van der Waals surface area contributed by atoms with Gasteiger partial charge in [0.05, 0.1) is 0 Å². The highest BCUT2D eigenvalue weighted by molar-refractivity contribution is 5.76. The van der Waals surface area contributed by atoms with Gasteiger partial charge in [0.25, 0.3) is 0 Å². The molecule has 96 valence electrons. The fraction of sp³-hybridized carbons (Fsp3) is 0.929. The summed E-state index contributed by atoms with van der Waals surface area (Å²) in [5.74, 6) is 1.14. The van der Waals surface area contributed by atoms with Crippen LogP contribution in [0.1, 0.15) is 51.4 Å². The minimum Gasteiger partial charge on any atom is -0.343 e. The number of likely N-dealkylation sites (tertiary alicyclic amines) is 1. The van der Waals surface area contributed by atoms with E-state index in [1.807, 2.05) is 0 Å². The molecule has 0 spiro atoms. The number of amides is 1. The SMILES string of the molecule is O=C(CC1CC1)N1CCC(NC2CCC2)CC1. The third-order valence-corrected chi connectivity index (χ3v) is 4.58. The highest BCUT2D eigenvalue weighted by Crippen LogP contribution is 2.33. The Kier molecular flexibility index (Phi) is 3.37. The van der Waals surface area contributed by atoms with E-state index in [1.54, 1.807) is 0 Å². The second-order valence-corrected chi connectivity index (χ2v) is 6.10. The molecule has 1 saturated heterocycles. The van der Waals surface area contributed by atoms with Crippen LogP contribution in [0.2, 0.25) is 0 Å². The van der Waals surface area contributed by atoms with Gasteiger partial charge in [0.1, 0.15) is 0 Å². The Balaban J connectivity index is 1.38. The van der Waals surface area contributed by atoms with Crippen LogP contribution in [-0.4, -0.2) is 36.0 Å². The van der Waals surface area contributed by atoms with Crippen LogP contribution in [0.15, 0.2) is 0 Å². The van der Waals surface area contributed by atoms with E-state index in [9.17, 15) is 4.79 Å². The monoisotopic (exact) mass is 236 g/mol. The van der Waals surface area contributed by atoms with Gasteiger partial charge in [0, 0.05) is 31.6 Å². The summed E-state index contributed by atoms with van der Waals surface area (Å²) < 4.78 is 0. The summed E-state index contributed by atoms with van der Waals surface area (Å²) in [6.07, 6.45) is 9.83. The molecule has 0 aromatic carbocycles. The van der Waals surface area contributed by atoms with Crippen LogP contribution in [-0.2, 0) is 4.79 Å². The molecule has 3 rings (SSSR count). The molecule has 0 aromatic rings. The molecule has 1 heterocycles. The summed E-state index contributed by atoms with van der Waals surface area (Å²) in [6.45, 7) is 1.96. The van der Waals surface area contributed by atoms with Crippen LogP contribution in [0.4, 0.5) is 0 Å². The number of carbonyl (C=O) groups excluding carboxylic acids is 1. The standard InChI is InChI=1S/C14H24N2O/c17-14(10-11-4-5-11)16-8-6-13(7-9-16)15-12-2-1-3-12/h11-13,15H,1-10H2. The number of nitrogens with one attached hydrogen (secondary N) is 1. The normalized spacial score (nSPS) is 26.9. The van der Waals surface area contributed by atoms with Gasteiger partial charge >= 0.3 is 0 Å². The first kappa shape index (κ1) is 11.5. The van der Waals surface area contributed by atoms with Gasteiger partial charge in [-0.3, -0.25) is 4.79 Å². The molecule has 0 bridgehead atoms. The Hall–Kier alpha value is -0.570. The zero-order chi connectivity index (χ0) is 11.7. The van der Waals surface area contributed by atoms with E-state index in [0.717, 1.165) is 44.3 Å². The van der Waals surface area contributed by atoms with Crippen molar-refractivity contribution in [2.45, 2.75) is 63.5 Å². The lowest BCUT2D eigenvalue weighted by Crippen LogP contribution is -2.49. The van der Waals surface area contributed by atoms with Gasteiger partial charge in [-0.05, 0) is 44.4 Å². The summed E-state index contributed by atoms with van der Waals surface area (Å²) in [4.78, 5) is 14.0. The van der Waals surface area contributed by atoms with Crippen LogP contribution in [0.5, 0.6) is 0 Å². The van der Waals surface area contributed by atoms with E-state index in [1.165, 1.54) is 32.1 Å². The molecule has 2 saturated carbocycles. The van der Waals surface area contributed by atoms with Gasteiger partial charge in [-0.15, -0.1) is 0 Å². The van der Waals surface area contributed by atoms with Crippen molar-refractivity contribution in [2.24, 2.45) is 5.92 Å². The number of hydrogen-bond acceptors (Lipinski definition) is 2. The molecular weight excluding hydrogens is 212 g/mol. The summed E-state index contributed by atoms with van der Waals surface area (Å²) in [5, 5.41) is 3.73. The molecule has 1 N–H and O–H groups in total. The van der Waals surface area contributed by atoms with Crippen LogP contribution < -0.4 is 5.32 Å². The van der Waals surface area contributed by atoms with E-state index in [2.05, 4.69) is 10.2 Å². The molecule has 2 aliphatic carbocycles. The van der Waals surface area contributed by atoms with E-state index in [-0.39, 0.29) is 0 Å². The van der Waals surface area contributed by atoms with Crippen LogP contribution in [0.3, 0.4) is 0 Å². The number of hydrogen-bond donors (Lipinski definition) is 1. The predicted octanol–water partition coefficient (Wildman–Crippen LogP) is 1.92. The van der Waals surface area contributed by atoms with Crippen LogP contribution >= 0.6 is 0 Å². The molecule has 1 amide bonds. The molecule has 17 heavy (non-hydrogen) atoms. The minimum atomic E-state index is 0.412. The quantitative estimate of drug-likeness (QED) is 0.809. The molecule has 3 fully saturated rings. The van der Waals surface area contributed by atoms with Crippen molar-refractivity contribution in [2.75, 3.05) is 13.1 Å². The lowest BCUT2D eigenvalue weighted by Gasteiger charge is -2.37. The Morgan fingerprint density at radius 3 is 2.18 bits per heavy atom. The summed E-state index contributed by atoms with van der Waals surface area (Å²) >= 11 is 0. The Morgan fingerprint density at radius 2 is 1.65 bits per heavy atom. The summed E-state index contributed by atoms with van der Waals surface area (Å²) in [5.41, 5.74) is 0. The fourth-order valence-corrected chi connectivity index (χ4v) is 2.90. The zero-order valence-corrected chi connectivity index (χ0v) is 10.7. The van der Waals surface area contributed by atoms with Crippen molar-refractivity contribution in [1.29, 1.82) is 0 Å². The van der Waals surface area contributed by atoms with Crippen molar-refractivity contribution in [3.05, 3.63) is 0 Å². The predicted molar refractivity (Wildman–Crippen MR) is 67.7 cm³/mol. The van der Waals surface area contributed by atoms with E-state index < -0.39 is 0 Å². The maximum atomic E-state index is 12.0. The van der Waals surface area contributed by atoms with Crippen LogP contribution in [0.25, 0.3) is 0 Å². The number of carbonyl (C=O) groups is 1. The van der Waals surface area contributed by atoms with E-state index >= 15 is 0 Å². The van der Waals surface area contributed by atoms with Crippen molar-refractivity contribution in [3.8, 4) is 0 Å². The van der Waals surface area contributed by atoms with Gasteiger partial charge in [-0.2, -0.15) is 0 Å². The third kappa shape index (κ3) is 3.01. The average Bonchev–Trinajstić information content (AvgIpc) is 3.08. The molecule has 0 aromatic heterocycles. The van der Waals surface area contributed by atoms with Gasteiger partial charge in [-0.1, -0.05) is 6.42 Å². The average molecular weight is 236 g/mol.